The summed E-state index contributed by atoms with van der Waals surface area (Å²) >= 11 is 5.86. The van der Waals surface area contributed by atoms with Crippen molar-refractivity contribution in [2.24, 2.45) is 5.73 Å². The number of fused-ring (bicyclic) bond motifs is 1. The van der Waals surface area contributed by atoms with Crippen LogP contribution in [0.15, 0.2) is 36.4 Å². The van der Waals surface area contributed by atoms with E-state index >= 15 is 0 Å². The quantitative estimate of drug-likeness (QED) is 0.823. The van der Waals surface area contributed by atoms with Crippen LogP contribution in [0.1, 0.15) is 36.8 Å². The van der Waals surface area contributed by atoms with Crippen LogP contribution in [0.25, 0.3) is 0 Å². The van der Waals surface area contributed by atoms with E-state index in [0.29, 0.717) is 22.3 Å². The summed E-state index contributed by atoms with van der Waals surface area (Å²) in [7, 11) is 1.50. The molecule has 2 aromatic carbocycles. The standard InChI is InChI=1S/C19H19ClFNO2.CH5N/c1-19(15-6-5-13(20)11-16(15)21)23-17-4-2-3-14(18(17)24-19)12-7-9-22-10-8-12;1-2/h2-6,11-12,22H,7-10H2,1H3;2H2,1H3. The van der Waals surface area contributed by atoms with Crippen LogP contribution in [0, 0.1) is 5.82 Å². The Kier molecular flexibility index (Phi) is 5.70. The highest BCUT2D eigenvalue weighted by atomic mass is 35.5. The lowest BCUT2D eigenvalue weighted by molar-refractivity contribution is -0.0711. The van der Waals surface area contributed by atoms with Crippen molar-refractivity contribution in [2.75, 3.05) is 20.1 Å². The van der Waals surface area contributed by atoms with Crippen LogP contribution in [0.5, 0.6) is 11.5 Å². The predicted molar refractivity (Wildman–Crippen MR) is 101 cm³/mol. The van der Waals surface area contributed by atoms with Gasteiger partial charge >= 0.3 is 0 Å². The number of benzene rings is 2. The molecule has 0 aromatic heterocycles. The first kappa shape index (κ1) is 19.0. The first-order valence-electron chi connectivity index (χ1n) is 8.82. The molecule has 2 aliphatic heterocycles. The van der Waals surface area contributed by atoms with E-state index in [1.54, 1.807) is 19.1 Å². The highest BCUT2D eigenvalue weighted by Gasteiger charge is 2.42. The molecule has 3 N–H and O–H groups in total. The molecule has 2 aromatic rings. The second kappa shape index (κ2) is 7.82. The van der Waals surface area contributed by atoms with Gasteiger partial charge in [0.05, 0.1) is 5.56 Å². The summed E-state index contributed by atoms with van der Waals surface area (Å²) in [6, 6.07) is 10.5. The zero-order chi connectivity index (χ0) is 18.7. The Labute approximate surface area is 158 Å². The van der Waals surface area contributed by atoms with Crippen LogP contribution in [0.4, 0.5) is 4.39 Å². The van der Waals surface area contributed by atoms with Crippen molar-refractivity contribution < 1.29 is 13.9 Å². The highest BCUT2D eigenvalue weighted by Crippen LogP contribution is 2.49. The molecule has 1 atom stereocenters. The molecule has 4 rings (SSSR count). The molecule has 1 unspecified atom stereocenters. The van der Waals surface area contributed by atoms with Gasteiger partial charge in [-0.05, 0) is 63.2 Å². The molecule has 140 valence electrons. The molecule has 0 spiro atoms. The topological polar surface area (TPSA) is 56.5 Å². The number of nitrogens with two attached hydrogens (primary N) is 1. The van der Waals surface area contributed by atoms with Gasteiger partial charge in [-0.25, -0.2) is 4.39 Å². The third-order valence-corrected chi connectivity index (χ3v) is 5.05. The molecule has 0 amide bonds. The Bertz CT molecular complexity index is 780. The van der Waals surface area contributed by atoms with Gasteiger partial charge < -0.3 is 20.5 Å². The number of para-hydroxylation sites is 1. The molecule has 0 radical (unpaired) electrons. The van der Waals surface area contributed by atoms with Crippen molar-refractivity contribution >= 4 is 11.6 Å². The van der Waals surface area contributed by atoms with Gasteiger partial charge in [0.25, 0.3) is 5.79 Å². The van der Waals surface area contributed by atoms with Crippen molar-refractivity contribution in [1.29, 1.82) is 0 Å². The van der Waals surface area contributed by atoms with E-state index in [1.807, 2.05) is 12.1 Å². The maximum absolute atomic E-state index is 14.4. The van der Waals surface area contributed by atoms with Crippen LogP contribution in [-0.4, -0.2) is 20.1 Å². The predicted octanol–water partition coefficient (Wildman–Crippen LogP) is 4.17. The van der Waals surface area contributed by atoms with E-state index in [-0.39, 0.29) is 0 Å². The minimum Gasteiger partial charge on any atom is -0.444 e. The largest absolute Gasteiger partial charge is 0.444 e. The Morgan fingerprint density at radius 1 is 1.15 bits per heavy atom. The van der Waals surface area contributed by atoms with Gasteiger partial charge in [-0.15, -0.1) is 0 Å². The average Bonchev–Trinajstić information content (AvgIpc) is 3.01. The average molecular weight is 379 g/mol. The molecular weight excluding hydrogens is 355 g/mol. The molecule has 6 heteroatoms. The van der Waals surface area contributed by atoms with E-state index in [4.69, 9.17) is 21.1 Å². The van der Waals surface area contributed by atoms with Gasteiger partial charge in [0.15, 0.2) is 11.5 Å². The normalized spacial score (nSPS) is 21.9. The fourth-order valence-corrected chi connectivity index (χ4v) is 3.73. The van der Waals surface area contributed by atoms with Crippen molar-refractivity contribution in [3.05, 3.63) is 58.4 Å². The van der Waals surface area contributed by atoms with Crippen molar-refractivity contribution in [3.8, 4) is 11.5 Å². The summed E-state index contributed by atoms with van der Waals surface area (Å²) < 4.78 is 26.5. The Morgan fingerprint density at radius 2 is 1.88 bits per heavy atom. The van der Waals surface area contributed by atoms with Crippen molar-refractivity contribution in [3.63, 3.8) is 0 Å². The smallest absolute Gasteiger partial charge is 0.278 e. The Balaban J connectivity index is 0.000000948. The lowest BCUT2D eigenvalue weighted by Gasteiger charge is -2.26. The zero-order valence-electron chi connectivity index (χ0n) is 15.0. The van der Waals surface area contributed by atoms with E-state index in [2.05, 4.69) is 17.1 Å². The summed E-state index contributed by atoms with van der Waals surface area (Å²) in [5.74, 6) is 0.229. The van der Waals surface area contributed by atoms with Gasteiger partial charge in [0, 0.05) is 17.5 Å². The minimum atomic E-state index is -1.18. The number of hydrogen-bond acceptors (Lipinski definition) is 4. The van der Waals surface area contributed by atoms with Crippen molar-refractivity contribution in [2.45, 2.75) is 31.5 Å². The van der Waals surface area contributed by atoms with Gasteiger partial charge in [-0.3, -0.25) is 0 Å². The second-order valence-corrected chi connectivity index (χ2v) is 6.91. The molecule has 4 nitrogen and oxygen atoms in total. The summed E-state index contributed by atoms with van der Waals surface area (Å²) in [6.45, 7) is 3.74. The Hall–Kier alpha value is -1.82. The third kappa shape index (κ3) is 3.52. The van der Waals surface area contributed by atoms with Crippen LogP contribution in [0.3, 0.4) is 0 Å². The van der Waals surface area contributed by atoms with Crippen LogP contribution < -0.4 is 20.5 Å². The highest BCUT2D eigenvalue weighted by molar-refractivity contribution is 6.30. The number of hydrogen-bond donors (Lipinski definition) is 2. The molecule has 2 aliphatic rings. The lowest BCUT2D eigenvalue weighted by Crippen LogP contribution is -2.33. The third-order valence-electron chi connectivity index (χ3n) is 4.81. The van der Waals surface area contributed by atoms with E-state index in [9.17, 15) is 4.39 Å². The molecule has 0 aliphatic carbocycles. The van der Waals surface area contributed by atoms with Crippen LogP contribution in [0.2, 0.25) is 5.02 Å². The van der Waals surface area contributed by atoms with E-state index < -0.39 is 11.6 Å². The first-order chi connectivity index (χ1) is 12.6. The molecule has 0 saturated carbocycles. The lowest BCUT2D eigenvalue weighted by atomic mass is 9.89. The number of halogens is 2. The maximum Gasteiger partial charge on any atom is 0.278 e. The fraction of sp³-hybridized carbons (Fsp3) is 0.400. The van der Waals surface area contributed by atoms with Gasteiger partial charge in [0.2, 0.25) is 0 Å². The zero-order valence-corrected chi connectivity index (χ0v) is 15.8. The van der Waals surface area contributed by atoms with Gasteiger partial charge in [-0.2, -0.15) is 0 Å². The second-order valence-electron chi connectivity index (χ2n) is 6.47. The SMILES string of the molecule is CC1(c2ccc(Cl)cc2F)Oc2cccc(C3CCNCC3)c2O1.CN. The molecule has 0 bridgehead atoms. The van der Waals surface area contributed by atoms with Gasteiger partial charge in [0.1, 0.15) is 5.82 Å². The summed E-state index contributed by atoms with van der Waals surface area (Å²) in [4.78, 5) is 0. The van der Waals surface area contributed by atoms with Gasteiger partial charge in [-0.1, -0.05) is 23.7 Å². The molecule has 1 saturated heterocycles. The summed E-state index contributed by atoms with van der Waals surface area (Å²) in [6.07, 6.45) is 2.12. The monoisotopic (exact) mass is 378 g/mol. The summed E-state index contributed by atoms with van der Waals surface area (Å²) in [5, 5.41) is 3.73. The first-order valence-corrected chi connectivity index (χ1v) is 9.19. The van der Waals surface area contributed by atoms with E-state index in [1.165, 1.54) is 13.1 Å². The summed E-state index contributed by atoms with van der Waals surface area (Å²) in [5.41, 5.74) is 5.99. The number of piperidine rings is 1. The van der Waals surface area contributed by atoms with Crippen molar-refractivity contribution in [1.82, 2.24) is 5.32 Å². The number of nitrogens with one attached hydrogen (secondary N) is 1. The minimum absolute atomic E-state index is 0.347. The molecule has 2 heterocycles. The fourth-order valence-electron chi connectivity index (χ4n) is 3.57. The van der Waals surface area contributed by atoms with Crippen LogP contribution >= 0.6 is 11.6 Å². The number of ether oxygens (including phenoxy) is 2. The van der Waals surface area contributed by atoms with Crippen LogP contribution in [-0.2, 0) is 5.79 Å². The Morgan fingerprint density at radius 3 is 2.58 bits per heavy atom. The molecule has 26 heavy (non-hydrogen) atoms. The molecular formula is C20H24ClFN2O2. The van der Waals surface area contributed by atoms with E-state index in [0.717, 1.165) is 37.2 Å². The maximum atomic E-state index is 14.4. The molecule has 1 fully saturated rings. The number of rotatable bonds is 2.